The molecule has 0 fully saturated rings. The molecular formula is C8H8BrClO2S. The number of rotatable bonds is 1. The molecule has 2 nitrogen and oxygen atoms in total. The van der Waals surface area contributed by atoms with Crippen molar-refractivity contribution in [2.75, 3.05) is 6.26 Å². The lowest BCUT2D eigenvalue weighted by atomic mass is 10.2. The first kappa shape index (κ1) is 11.0. The van der Waals surface area contributed by atoms with Crippen LogP contribution in [0.25, 0.3) is 0 Å². The van der Waals surface area contributed by atoms with E-state index in [0.717, 1.165) is 5.56 Å². The van der Waals surface area contributed by atoms with Crippen LogP contribution in [0.15, 0.2) is 21.5 Å². The van der Waals surface area contributed by atoms with Gasteiger partial charge >= 0.3 is 0 Å². The van der Waals surface area contributed by atoms with Crippen molar-refractivity contribution in [3.05, 3.63) is 27.2 Å². The molecule has 5 heteroatoms. The predicted octanol–water partition coefficient (Wildman–Crippen LogP) is 2.81. The first-order valence-corrected chi connectivity index (χ1v) is 6.54. The molecule has 0 radical (unpaired) electrons. The van der Waals surface area contributed by atoms with Crippen LogP contribution in [0, 0.1) is 6.92 Å². The fraction of sp³-hybridized carbons (Fsp3) is 0.250. The number of aryl methyl sites for hydroxylation is 1. The number of halogens is 2. The van der Waals surface area contributed by atoms with Crippen LogP contribution in [0.5, 0.6) is 0 Å². The highest BCUT2D eigenvalue weighted by molar-refractivity contribution is 9.10. The van der Waals surface area contributed by atoms with E-state index in [9.17, 15) is 8.42 Å². The standard InChI is InChI=1S/C8H8BrClO2S/c1-5-3-6(13(2,11)12)4-7(9)8(5)10/h3-4H,1-2H3. The average molecular weight is 284 g/mol. The first-order valence-electron chi connectivity index (χ1n) is 3.48. The van der Waals surface area contributed by atoms with Crippen LogP contribution < -0.4 is 0 Å². The van der Waals surface area contributed by atoms with Crippen molar-refractivity contribution in [3.63, 3.8) is 0 Å². The normalized spacial score (nSPS) is 11.7. The molecule has 0 spiro atoms. The molecule has 0 atom stereocenters. The molecule has 0 heterocycles. The van der Waals surface area contributed by atoms with Gasteiger partial charge in [0, 0.05) is 10.7 Å². The van der Waals surface area contributed by atoms with Crippen LogP contribution in [0.2, 0.25) is 5.02 Å². The lowest BCUT2D eigenvalue weighted by Crippen LogP contribution is -1.97. The van der Waals surface area contributed by atoms with Crippen molar-refractivity contribution in [2.24, 2.45) is 0 Å². The molecular weight excluding hydrogens is 276 g/mol. The predicted molar refractivity (Wildman–Crippen MR) is 57.0 cm³/mol. The van der Waals surface area contributed by atoms with Crippen LogP contribution in [-0.2, 0) is 9.84 Å². The Morgan fingerprint density at radius 1 is 1.38 bits per heavy atom. The first-order chi connectivity index (χ1) is 5.82. The summed E-state index contributed by atoms with van der Waals surface area (Å²) < 4.78 is 23.0. The molecule has 1 aromatic carbocycles. The van der Waals surface area contributed by atoms with Gasteiger partial charge in [-0.3, -0.25) is 0 Å². The van der Waals surface area contributed by atoms with E-state index in [2.05, 4.69) is 15.9 Å². The van der Waals surface area contributed by atoms with Gasteiger partial charge in [-0.2, -0.15) is 0 Å². The second-order valence-corrected chi connectivity index (χ2v) is 6.06. The van der Waals surface area contributed by atoms with Crippen molar-refractivity contribution in [2.45, 2.75) is 11.8 Å². The largest absolute Gasteiger partial charge is 0.224 e. The van der Waals surface area contributed by atoms with Crippen molar-refractivity contribution >= 4 is 37.4 Å². The van der Waals surface area contributed by atoms with Gasteiger partial charge in [-0.25, -0.2) is 8.42 Å². The molecule has 1 aromatic rings. The Bertz CT molecular complexity index is 416. The summed E-state index contributed by atoms with van der Waals surface area (Å²) in [4.78, 5) is 0.279. The second kappa shape index (κ2) is 3.59. The summed E-state index contributed by atoms with van der Waals surface area (Å²) in [7, 11) is -3.15. The quantitative estimate of drug-likeness (QED) is 0.794. The molecule has 0 N–H and O–H groups in total. The summed E-state index contributed by atoms with van der Waals surface area (Å²) in [6.07, 6.45) is 1.17. The summed E-state index contributed by atoms with van der Waals surface area (Å²) in [5, 5.41) is 0.549. The number of benzene rings is 1. The average Bonchev–Trinajstić information content (AvgIpc) is 1.97. The smallest absolute Gasteiger partial charge is 0.175 e. The third kappa shape index (κ3) is 2.45. The summed E-state index contributed by atoms with van der Waals surface area (Å²) >= 11 is 9.05. The topological polar surface area (TPSA) is 34.1 Å². The minimum Gasteiger partial charge on any atom is -0.224 e. The van der Waals surface area contributed by atoms with Gasteiger partial charge in [0.05, 0.1) is 9.92 Å². The van der Waals surface area contributed by atoms with Gasteiger partial charge < -0.3 is 0 Å². The second-order valence-electron chi connectivity index (χ2n) is 2.81. The minimum atomic E-state index is -3.15. The van der Waals surface area contributed by atoms with E-state index in [0.29, 0.717) is 9.50 Å². The van der Waals surface area contributed by atoms with Gasteiger partial charge in [0.15, 0.2) is 9.84 Å². The zero-order chi connectivity index (χ0) is 10.2. The fourth-order valence-corrected chi connectivity index (χ4v) is 2.45. The summed E-state index contributed by atoms with van der Waals surface area (Å²) in [6, 6.07) is 3.06. The Hall–Kier alpha value is -0.0600. The number of sulfone groups is 1. The van der Waals surface area contributed by atoms with Gasteiger partial charge in [-0.15, -0.1) is 0 Å². The van der Waals surface area contributed by atoms with Crippen molar-refractivity contribution < 1.29 is 8.42 Å². The van der Waals surface area contributed by atoms with E-state index in [1.807, 2.05) is 0 Å². The molecule has 13 heavy (non-hydrogen) atoms. The minimum absolute atomic E-state index is 0.279. The summed E-state index contributed by atoms with van der Waals surface area (Å²) in [6.45, 7) is 1.77. The van der Waals surface area contributed by atoms with Gasteiger partial charge in [0.2, 0.25) is 0 Å². The highest BCUT2D eigenvalue weighted by Crippen LogP contribution is 2.28. The lowest BCUT2D eigenvalue weighted by Gasteiger charge is -2.04. The molecule has 1 rings (SSSR count). The monoisotopic (exact) mass is 282 g/mol. The fourth-order valence-electron chi connectivity index (χ4n) is 0.909. The molecule has 0 unspecified atom stereocenters. The maximum Gasteiger partial charge on any atom is 0.175 e. The van der Waals surface area contributed by atoms with Crippen LogP contribution in [0.3, 0.4) is 0 Å². The van der Waals surface area contributed by atoms with E-state index in [-0.39, 0.29) is 4.90 Å². The number of hydrogen-bond acceptors (Lipinski definition) is 2. The molecule has 0 amide bonds. The molecule has 0 aromatic heterocycles. The molecule has 0 bridgehead atoms. The molecule has 72 valence electrons. The van der Waals surface area contributed by atoms with Gasteiger partial charge in [-0.1, -0.05) is 11.6 Å². The van der Waals surface area contributed by atoms with E-state index < -0.39 is 9.84 Å². The van der Waals surface area contributed by atoms with Gasteiger partial charge in [0.25, 0.3) is 0 Å². The summed E-state index contributed by atoms with van der Waals surface area (Å²) in [5.74, 6) is 0. The van der Waals surface area contributed by atoms with Crippen molar-refractivity contribution in [1.29, 1.82) is 0 Å². The van der Waals surface area contributed by atoms with E-state index >= 15 is 0 Å². The highest BCUT2D eigenvalue weighted by atomic mass is 79.9. The Labute approximate surface area is 91.0 Å². The highest BCUT2D eigenvalue weighted by Gasteiger charge is 2.11. The maximum atomic E-state index is 11.2. The van der Waals surface area contributed by atoms with Crippen LogP contribution in [0.1, 0.15) is 5.56 Å². The number of hydrogen-bond donors (Lipinski definition) is 0. The molecule has 0 saturated carbocycles. The van der Waals surface area contributed by atoms with Gasteiger partial charge in [-0.05, 0) is 40.5 Å². The van der Waals surface area contributed by atoms with Crippen LogP contribution in [0.4, 0.5) is 0 Å². The summed E-state index contributed by atoms with van der Waals surface area (Å²) in [5.41, 5.74) is 0.747. The Morgan fingerprint density at radius 2 is 1.92 bits per heavy atom. The zero-order valence-corrected chi connectivity index (χ0v) is 10.3. The molecule has 0 aliphatic heterocycles. The van der Waals surface area contributed by atoms with Gasteiger partial charge in [0.1, 0.15) is 0 Å². The maximum absolute atomic E-state index is 11.2. The van der Waals surface area contributed by atoms with E-state index in [1.165, 1.54) is 12.3 Å². The lowest BCUT2D eigenvalue weighted by molar-refractivity contribution is 0.601. The zero-order valence-electron chi connectivity index (χ0n) is 7.14. The Morgan fingerprint density at radius 3 is 2.31 bits per heavy atom. The Kier molecular flexibility index (Phi) is 3.05. The van der Waals surface area contributed by atoms with E-state index in [1.54, 1.807) is 13.0 Å². The van der Waals surface area contributed by atoms with Crippen molar-refractivity contribution in [1.82, 2.24) is 0 Å². The molecule has 0 aliphatic carbocycles. The molecule has 0 saturated heterocycles. The van der Waals surface area contributed by atoms with Crippen molar-refractivity contribution in [3.8, 4) is 0 Å². The third-order valence-corrected chi connectivity index (χ3v) is 4.06. The van der Waals surface area contributed by atoms with Crippen LogP contribution in [-0.4, -0.2) is 14.7 Å². The van der Waals surface area contributed by atoms with Crippen LogP contribution >= 0.6 is 27.5 Å². The third-order valence-electron chi connectivity index (χ3n) is 1.61. The SMILES string of the molecule is Cc1cc(S(C)(=O)=O)cc(Br)c1Cl. The Balaban J connectivity index is 3.47. The van der Waals surface area contributed by atoms with E-state index in [4.69, 9.17) is 11.6 Å². The molecule has 0 aliphatic rings.